The third-order valence-corrected chi connectivity index (χ3v) is 2.26. The molecule has 0 unspecified atom stereocenters. The van der Waals surface area contributed by atoms with Crippen LogP contribution in [0.25, 0.3) is 0 Å². The van der Waals surface area contributed by atoms with Crippen LogP contribution in [0.4, 0.5) is 5.82 Å². The van der Waals surface area contributed by atoms with E-state index in [2.05, 4.69) is 10.2 Å². The van der Waals surface area contributed by atoms with Crippen molar-refractivity contribution in [3.8, 4) is 0 Å². The molecule has 0 amide bonds. The van der Waals surface area contributed by atoms with E-state index in [1.165, 1.54) is 0 Å². The van der Waals surface area contributed by atoms with Crippen molar-refractivity contribution in [1.82, 2.24) is 10.2 Å². The van der Waals surface area contributed by atoms with E-state index >= 15 is 0 Å². The summed E-state index contributed by atoms with van der Waals surface area (Å²) in [6.07, 6.45) is 1.55. The largest absolute Gasteiger partial charge is 0.480 e. The number of aliphatic carboxylic acids is 1. The second-order valence-corrected chi connectivity index (χ2v) is 3.51. The minimum absolute atomic E-state index is 0.542. The van der Waals surface area contributed by atoms with Crippen LogP contribution < -0.4 is 4.90 Å². The molecule has 14 heavy (non-hydrogen) atoms. The van der Waals surface area contributed by atoms with Crippen molar-refractivity contribution in [3.63, 3.8) is 0 Å². The zero-order chi connectivity index (χ0) is 10.8. The quantitative estimate of drug-likeness (QED) is 0.771. The van der Waals surface area contributed by atoms with Gasteiger partial charge in [0.2, 0.25) is 0 Å². The predicted molar refractivity (Wildman–Crippen MR) is 52.1 cm³/mol. The van der Waals surface area contributed by atoms with Gasteiger partial charge in [0.15, 0.2) is 5.82 Å². The number of carboxylic acid groups (broad SMARTS) is 1. The van der Waals surface area contributed by atoms with Gasteiger partial charge in [-0.1, -0.05) is 0 Å². The number of hydrogen-bond donors (Lipinski definition) is 1. The van der Waals surface area contributed by atoms with E-state index in [1.54, 1.807) is 44.1 Å². The van der Waals surface area contributed by atoms with E-state index < -0.39 is 11.5 Å². The summed E-state index contributed by atoms with van der Waals surface area (Å²) in [5.41, 5.74) is -0.990. The molecule has 0 saturated heterocycles. The Balaban J connectivity index is 2.96. The van der Waals surface area contributed by atoms with E-state index in [0.29, 0.717) is 5.82 Å². The average Bonchev–Trinajstić information content (AvgIpc) is 2.17. The molecule has 1 aromatic rings. The Morgan fingerprint density at radius 2 is 2.21 bits per heavy atom. The van der Waals surface area contributed by atoms with Gasteiger partial charge < -0.3 is 10.0 Å². The molecule has 0 spiro atoms. The van der Waals surface area contributed by atoms with Gasteiger partial charge in [0.25, 0.3) is 0 Å². The zero-order valence-electron chi connectivity index (χ0n) is 8.43. The van der Waals surface area contributed by atoms with E-state index in [0.717, 1.165) is 0 Å². The van der Waals surface area contributed by atoms with Gasteiger partial charge in [-0.05, 0) is 26.0 Å². The molecule has 0 bridgehead atoms. The minimum Gasteiger partial charge on any atom is -0.480 e. The Kier molecular flexibility index (Phi) is 2.69. The molecule has 1 N–H and O–H groups in total. The molecular formula is C9H13N3O2. The maximum atomic E-state index is 10.9. The van der Waals surface area contributed by atoms with Crippen LogP contribution in [0.3, 0.4) is 0 Å². The van der Waals surface area contributed by atoms with Crippen molar-refractivity contribution in [2.45, 2.75) is 19.4 Å². The van der Waals surface area contributed by atoms with Crippen LogP contribution in [0.5, 0.6) is 0 Å². The van der Waals surface area contributed by atoms with E-state index in [-0.39, 0.29) is 0 Å². The van der Waals surface area contributed by atoms with Crippen molar-refractivity contribution in [3.05, 3.63) is 18.3 Å². The van der Waals surface area contributed by atoms with Crippen molar-refractivity contribution < 1.29 is 9.90 Å². The highest BCUT2D eigenvalue weighted by molar-refractivity contribution is 5.81. The first kappa shape index (κ1) is 10.4. The Hall–Kier alpha value is -1.65. The third kappa shape index (κ3) is 1.81. The monoisotopic (exact) mass is 195 g/mol. The van der Waals surface area contributed by atoms with Crippen LogP contribution >= 0.6 is 0 Å². The molecule has 0 aliphatic heterocycles. The molecule has 0 aliphatic carbocycles. The van der Waals surface area contributed by atoms with Gasteiger partial charge in [0.05, 0.1) is 0 Å². The smallest absolute Gasteiger partial charge is 0.328 e. The minimum atomic E-state index is -0.990. The summed E-state index contributed by atoms with van der Waals surface area (Å²) >= 11 is 0. The summed E-state index contributed by atoms with van der Waals surface area (Å²) in [4.78, 5) is 12.5. The third-order valence-electron chi connectivity index (χ3n) is 2.26. The number of hydrogen-bond acceptors (Lipinski definition) is 4. The Morgan fingerprint density at radius 1 is 1.57 bits per heavy atom. The first-order chi connectivity index (χ1) is 6.46. The lowest BCUT2D eigenvalue weighted by Crippen LogP contribution is -2.48. The van der Waals surface area contributed by atoms with E-state index in [1.807, 2.05) is 0 Å². The lowest BCUT2D eigenvalue weighted by Gasteiger charge is -2.31. The van der Waals surface area contributed by atoms with E-state index in [4.69, 9.17) is 5.11 Å². The lowest BCUT2D eigenvalue weighted by atomic mass is 10.0. The molecule has 0 aliphatic rings. The molecule has 0 atom stereocenters. The number of aromatic nitrogens is 2. The molecule has 76 valence electrons. The molecule has 5 heteroatoms. The summed E-state index contributed by atoms with van der Waals surface area (Å²) in [6.45, 7) is 3.23. The van der Waals surface area contributed by atoms with Crippen LogP contribution in [-0.2, 0) is 4.79 Å². The standard InChI is InChI=1S/C9H13N3O2/c1-9(2,8(13)14)12(3)7-5-4-6-10-11-7/h4-6H,1-3H3,(H,13,14). The van der Waals surface area contributed by atoms with Gasteiger partial charge in [0.1, 0.15) is 5.54 Å². The van der Waals surface area contributed by atoms with Crippen LogP contribution in [-0.4, -0.2) is 33.9 Å². The Morgan fingerprint density at radius 3 is 2.64 bits per heavy atom. The average molecular weight is 195 g/mol. The van der Waals surface area contributed by atoms with Crippen molar-refractivity contribution >= 4 is 11.8 Å². The maximum Gasteiger partial charge on any atom is 0.328 e. The van der Waals surface area contributed by atoms with Crippen molar-refractivity contribution in [2.24, 2.45) is 0 Å². The van der Waals surface area contributed by atoms with Gasteiger partial charge in [-0.25, -0.2) is 4.79 Å². The highest BCUT2D eigenvalue weighted by Gasteiger charge is 2.32. The topological polar surface area (TPSA) is 66.3 Å². The van der Waals surface area contributed by atoms with Crippen LogP contribution in [0.1, 0.15) is 13.8 Å². The van der Waals surface area contributed by atoms with Crippen molar-refractivity contribution in [1.29, 1.82) is 0 Å². The molecule has 1 aromatic heterocycles. The van der Waals surface area contributed by atoms with Gasteiger partial charge in [-0.2, -0.15) is 5.10 Å². The summed E-state index contributed by atoms with van der Waals surface area (Å²) in [5.74, 6) is -0.356. The SMILES string of the molecule is CN(c1cccnn1)C(C)(C)C(=O)O. The predicted octanol–water partition coefficient (Wildman–Crippen LogP) is 0.776. The van der Waals surface area contributed by atoms with Crippen LogP contribution in [0.2, 0.25) is 0 Å². The molecule has 1 heterocycles. The molecule has 0 aromatic carbocycles. The molecular weight excluding hydrogens is 182 g/mol. The molecule has 5 nitrogen and oxygen atoms in total. The second kappa shape index (κ2) is 3.61. The summed E-state index contributed by atoms with van der Waals surface area (Å²) in [5, 5.41) is 16.5. The van der Waals surface area contributed by atoms with E-state index in [9.17, 15) is 4.79 Å². The first-order valence-corrected chi connectivity index (χ1v) is 4.21. The summed E-state index contributed by atoms with van der Waals surface area (Å²) in [6, 6.07) is 3.44. The fraction of sp³-hybridized carbons (Fsp3) is 0.444. The molecule has 0 saturated carbocycles. The Bertz CT molecular complexity index is 324. The fourth-order valence-corrected chi connectivity index (χ4v) is 0.902. The van der Waals surface area contributed by atoms with Gasteiger partial charge >= 0.3 is 5.97 Å². The fourth-order valence-electron chi connectivity index (χ4n) is 0.902. The molecule has 0 radical (unpaired) electrons. The highest BCUT2D eigenvalue weighted by Crippen LogP contribution is 2.18. The highest BCUT2D eigenvalue weighted by atomic mass is 16.4. The summed E-state index contributed by atoms with van der Waals surface area (Å²) in [7, 11) is 1.68. The van der Waals surface area contributed by atoms with Crippen LogP contribution in [0.15, 0.2) is 18.3 Å². The maximum absolute atomic E-state index is 10.9. The summed E-state index contributed by atoms with van der Waals surface area (Å²) < 4.78 is 0. The number of rotatable bonds is 3. The lowest BCUT2D eigenvalue weighted by molar-refractivity contribution is -0.142. The number of carboxylic acids is 1. The number of nitrogens with zero attached hydrogens (tertiary/aromatic N) is 3. The van der Waals surface area contributed by atoms with Gasteiger partial charge in [0, 0.05) is 13.2 Å². The number of likely N-dealkylation sites (N-methyl/N-ethyl adjacent to an activating group) is 1. The Labute approximate surface area is 82.4 Å². The second-order valence-electron chi connectivity index (χ2n) is 3.51. The number of anilines is 1. The number of carbonyl (C=O) groups is 1. The first-order valence-electron chi connectivity index (χ1n) is 4.21. The van der Waals surface area contributed by atoms with Crippen LogP contribution in [0, 0.1) is 0 Å². The molecule has 0 fully saturated rings. The van der Waals surface area contributed by atoms with Crippen molar-refractivity contribution in [2.75, 3.05) is 11.9 Å². The zero-order valence-corrected chi connectivity index (χ0v) is 8.43. The van der Waals surface area contributed by atoms with Gasteiger partial charge in [-0.15, -0.1) is 5.10 Å². The van der Waals surface area contributed by atoms with Gasteiger partial charge in [-0.3, -0.25) is 0 Å². The molecule has 1 rings (SSSR count). The normalized spacial score (nSPS) is 11.1.